The Labute approximate surface area is 111 Å². The van der Waals surface area contributed by atoms with Gasteiger partial charge in [0.05, 0.1) is 4.47 Å². The molecule has 0 aliphatic heterocycles. The Hall–Kier alpha value is -0.520. The predicted octanol–water partition coefficient (Wildman–Crippen LogP) is 4.51. The van der Waals surface area contributed by atoms with Crippen LogP contribution in [0.4, 0.5) is 0 Å². The van der Waals surface area contributed by atoms with Crippen molar-refractivity contribution in [2.24, 2.45) is 0 Å². The van der Waals surface area contributed by atoms with Crippen LogP contribution in [-0.4, -0.2) is 9.97 Å². The van der Waals surface area contributed by atoms with E-state index in [0.717, 1.165) is 15.9 Å². The van der Waals surface area contributed by atoms with Crippen LogP contribution in [0.3, 0.4) is 0 Å². The molecular formula is C11H9BrN2S2. The summed E-state index contributed by atoms with van der Waals surface area (Å²) in [6.45, 7) is 0. The molecule has 0 bridgehead atoms. The summed E-state index contributed by atoms with van der Waals surface area (Å²) in [4.78, 5) is 7.80. The smallest absolute Gasteiger partial charge is 0.144 e. The second-order valence-electron chi connectivity index (χ2n) is 3.90. The molecule has 1 fully saturated rings. The molecule has 82 valence electrons. The van der Waals surface area contributed by atoms with E-state index in [1.54, 1.807) is 11.3 Å². The van der Waals surface area contributed by atoms with Crippen LogP contribution in [0.1, 0.15) is 24.5 Å². The number of nitrogens with one attached hydrogen (secondary N) is 1. The Morgan fingerprint density at radius 3 is 2.94 bits per heavy atom. The van der Waals surface area contributed by atoms with E-state index in [1.807, 2.05) is 5.38 Å². The quantitative estimate of drug-likeness (QED) is 0.827. The molecule has 0 atom stereocenters. The molecule has 1 N–H and O–H groups in total. The van der Waals surface area contributed by atoms with Crippen LogP contribution in [0, 0.1) is 4.64 Å². The van der Waals surface area contributed by atoms with E-state index >= 15 is 0 Å². The van der Waals surface area contributed by atoms with Gasteiger partial charge in [-0.1, -0.05) is 12.2 Å². The second kappa shape index (κ2) is 4.05. The van der Waals surface area contributed by atoms with Gasteiger partial charge in [-0.05, 0) is 40.2 Å². The zero-order valence-electron chi connectivity index (χ0n) is 8.37. The molecule has 3 rings (SSSR count). The third kappa shape index (κ3) is 1.87. The molecule has 0 saturated heterocycles. The van der Waals surface area contributed by atoms with Gasteiger partial charge < -0.3 is 4.98 Å². The van der Waals surface area contributed by atoms with Crippen LogP contribution >= 0.6 is 39.5 Å². The second-order valence-corrected chi connectivity index (χ2v) is 5.86. The lowest BCUT2D eigenvalue weighted by Gasteiger charge is -2.06. The summed E-state index contributed by atoms with van der Waals surface area (Å²) in [5.41, 5.74) is 2.33. The van der Waals surface area contributed by atoms with Gasteiger partial charge in [0.15, 0.2) is 0 Å². The van der Waals surface area contributed by atoms with Crippen molar-refractivity contribution in [1.29, 1.82) is 0 Å². The summed E-state index contributed by atoms with van der Waals surface area (Å²) in [6.07, 6.45) is 2.49. The van der Waals surface area contributed by atoms with Crippen molar-refractivity contribution >= 4 is 39.5 Å². The Morgan fingerprint density at radius 1 is 1.50 bits per heavy atom. The Balaban J connectivity index is 2.17. The summed E-state index contributed by atoms with van der Waals surface area (Å²) < 4.78 is 1.62. The molecule has 16 heavy (non-hydrogen) atoms. The number of aromatic amines is 1. The van der Waals surface area contributed by atoms with Crippen LogP contribution in [0.2, 0.25) is 0 Å². The first kappa shape index (κ1) is 10.6. The summed E-state index contributed by atoms with van der Waals surface area (Å²) in [5, 5.41) is 4.13. The molecule has 0 spiro atoms. The lowest BCUT2D eigenvalue weighted by atomic mass is 10.2. The first-order valence-corrected chi connectivity index (χ1v) is 7.22. The summed E-state index contributed by atoms with van der Waals surface area (Å²) in [7, 11) is 0. The van der Waals surface area contributed by atoms with E-state index in [-0.39, 0.29) is 0 Å². The van der Waals surface area contributed by atoms with Crippen molar-refractivity contribution in [3.8, 4) is 11.4 Å². The molecule has 5 heteroatoms. The topological polar surface area (TPSA) is 28.7 Å². The van der Waals surface area contributed by atoms with E-state index in [9.17, 15) is 0 Å². The van der Waals surface area contributed by atoms with Crippen molar-refractivity contribution in [3.05, 3.63) is 31.6 Å². The number of hydrogen-bond acceptors (Lipinski definition) is 3. The fourth-order valence-corrected chi connectivity index (χ4v) is 3.02. The highest BCUT2D eigenvalue weighted by atomic mass is 79.9. The molecule has 0 amide bonds. The monoisotopic (exact) mass is 312 g/mol. The first-order valence-electron chi connectivity index (χ1n) is 5.08. The van der Waals surface area contributed by atoms with Crippen molar-refractivity contribution < 1.29 is 0 Å². The lowest BCUT2D eigenvalue weighted by molar-refractivity contribution is 0.973. The number of rotatable bonds is 2. The third-order valence-electron chi connectivity index (χ3n) is 2.67. The van der Waals surface area contributed by atoms with E-state index in [1.165, 1.54) is 18.5 Å². The minimum absolute atomic E-state index is 0.636. The standard InChI is InChI=1S/C11H9BrN2S2/c12-8-9(6-1-2-6)13-10(14-11(8)15)7-3-4-16-5-7/h3-6H,1-2H2,(H,13,14,15). The Morgan fingerprint density at radius 2 is 2.31 bits per heavy atom. The zero-order valence-corrected chi connectivity index (χ0v) is 11.6. The number of halogens is 1. The van der Waals surface area contributed by atoms with Gasteiger partial charge in [0, 0.05) is 22.6 Å². The third-order valence-corrected chi connectivity index (χ3v) is 4.71. The van der Waals surface area contributed by atoms with E-state index in [0.29, 0.717) is 10.6 Å². The van der Waals surface area contributed by atoms with Gasteiger partial charge in [-0.2, -0.15) is 11.3 Å². The van der Waals surface area contributed by atoms with Crippen molar-refractivity contribution in [2.75, 3.05) is 0 Å². The maximum atomic E-state index is 5.27. The molecule has 1 aliphatic rings. The molecule has 2 aromatic heterocycles. The molecule has 2 aromatic rings. The van der Waals surface area contributed by atoms with Gasteiger partial charge >= 0.3 is 0 Å². The molecule has 2 nitrogen and oxygen atoms in total. The minimum Gasteiger partial charge on any atom is -0.342 e. The number of H-pyrrole nitrogens is 1. The van der Waals surface area contributed by atoms with Gasteiger partial charge in [0.2, 0.25) is 0 Å². The van der Waals surface area contributed by atoms with E-state index in [4.69, 9.17) is 12.2 Å². The Bertz CT molecular complexity index is 570. The maximum absolute atomic E-state index is 5.27. The highest BCUT2D eigenvalue weighted by Crippen LogP contribution is 2.42. The van der Waals surface area contributed by atoms with Crippen molar-refractivity contribution in [1.82, 2.24) is 9.97 Å². The number of thiophene rings is 1. The molecule has 0 radical (unpaired) electrons. The fraction of sp³-hybridized carbons (Fsp3) is 0.273. The zero-order chi connectivity index (χ0) is 11.1. The molecule has 0 aromatic carbocycles. The fourth-order valence-electron chi connectivity index (χ4n) is 1.67. The van der Waals surface area contributed by atoms with E-state index < -0.39 is 0 Å². The minimum atomic E-state index is 0.636. The Kier molecular flexibility index (Phi) is 2.69. The summed E-state index contributed by atoms with van der Waals surface area (Å²) >= 11 is 10.5. The van der Waals surface area contributed by atoms with Crippen molar-refractivity contribution in [2.45, 2.75) is 18.8 Å². The summed E-state index contributed by atoms with van der Waals surface area (Å²) in [6, 6.07) is 2.06. The predicted molar refractivity (Wildman–Crippen MR) is 72.4 cm³/mol. The molecule has 2 heterocycles. The highest BCUT2D eigenvalue weighted by molar-refractivity contribution is 9.10. The van der Waals surface area contributed by atoms with Crippen LogP contribution in [0.25, 0.3) is 11.4 Å². The SMILES string of the molecule is S=c1nc(-c2ccsc2)[nH]c(C2CC2)c1Br. The van der Waals surface area contributed by atoms with Crippen LogP contribution in [-0.2, 0) is 0 Å². The number of hydrogen-bond donors (Lipinski definition) is 1. The van der Waals surface area contributed by atoms with Crippen LogP contribution in [0.15, 0.2) is 21.3 Å². The van der Waals surface area contributed by atoms with Gasteiger partial charge in [0.1, 0.15) is 10.5 Å². The molecule has 1 saturated carbocycles. The summed E-state index contributed by atoms with van der Waals surface area (Å²) in [5.74, 6) is 1.52. The average molecular weight is 313 g/mol. The van der Waals surface area contributed by atoms with Crippen LogP contribution in [0.5, 0.6) is 0 Å². The largest absolute Gasteiger partial charge is 0.342 e. The normalized spacial score (nSPS) is 15.3. The van der Waals surface area contributed by atoms with Gasteiger partial charge in [-0.25, -0.2) is 4.98 Å². The number of nitrogens with zero attached hydrogens (tertiary/aromatic N) is 1. The highest BCUT2D eigenvalue weighted by Gasteiger charge is 2.27. The molecular weight excluding hydrogens is 304 g/mol. The maximum Gasteiger partial charge on any atom is 0.144 e. The van der Waals surface area contributed by atoms with Gasteiger partial charge in [0.25, 0.3) is 0 Å². The molecule has 0 unspecified atom stereocenters. The van der Waals surface area contributed by atoms with Gasteiger partial charge in [-0.15, -0.1) is 0 Å². The van der Waals surface area contributed by atoms with Crippen molar-refractivity contribution in [3.63, 3.8) is 0 Å². The first-order chi connectivity index (χ1) is 7.75. The van der Waals surface area contributed by atoms with E-state index in [2.05, 4.69) is 37.3 Å². The van der Waals surface area contributed by atoms with Crippen LogP contribution < -0.4 is 0 Å². The van der Waals surface area contributed by atoms with Gasteiger partial charge in [-0.3, -0.25) is 0 Å². The average Bonchev–Trinajstić information content (AvgIpc) is 2.96. The number of aromatic nitrogens is 2. The molecule has 1 aliphatic carbocycles. The lowest BCUT2D eigenvalue weighted by Crippen LogP contribution is -1.96.